The van der Waals surface area contributed by atoms with Crippen LogP contribution in [0.25, 0.3) is 4.96 Å². The number of hydrogen-bond donors (Lipinski definition) is 0. The van der Waals surface area contributed by atoms with Crippen LogP contribution in [0.3, 0.4) is 0 Å². The van der Waals surface area contributed by atoms with Gasteiger partial charge in [0.25, 0.3) is 4.96 Å². The van der Waals surface area contributed by atoms with Gasteiger partial charge in [-0.3, -0.25) is 0 Å². The fourth-order valence-electron chi connectivity index (χ4n) is 2.30. The number of hydrogen-bond acceptors (Lipinski definition) is 6. The molecule has 25 heavy (non-hydrogen) atoms. The van der Waals surface area contributed by atoms with Gasteiger partial charge in [-0.15, -0.1) is 0 Å². The molecule has 0 aliphatic rings. The van der Waals surface area contributed by atoms with Crippen LogP contribution >= 0.6 is 11.3 Å². The quantitative estimate of drug-likeness (QED) is 0.377. The number of benzene rings is 2. The summed E-state index contributed by atoms with van der Waals surface area (Å²) in [6, 6.07) is 16.2. The number of nitrogens with zero attached hydrogens (tertiary/aromatic N) is 3. The third-order valence-corrected chi connectivity index (χ3v) is 4.15. The van der Waals surface area contributed by atoms with Gasteiger partial charge in [-0.1, -0.05) is 29.5 Å². The first-order valence-electron chi connectivity index (χ1n) is 7.31. The first-order valence-corrected chi connectivity index (χ1v) is 8.19. The second-order valence-corrected chi connectivity index (χ2v) is 5.91. The zero-order valence-electron chi connectivity index (χ0n) is 12.7. The van der Waals surface area contributed by atoms with Crippen LogP contribution in [0.4, 0.5) is 5.82 Å². The van der Waals surface area contributed by atoms with E-state index >= 15 is 0 Å². The molecule has 0 fully saturated rings. The van der Waals surface area contributed by atoms with Gasteiger partial charge in [0.05, 0.1) is 0 Å². The summed E-state index contributed by atoms with van der Waals surface area (Å²) in [5.41, 5.74) is 0. The van der Waals surface area contributed by atoms with Crippen LogP contribution in [0.2, 0.25) is 0 Å². The molecule has 0 radical (unpaired) electrons. The molecule has 0 saturated carbocycles. The van der Waals surface area contributed by atoms with Crippen molar-refractivity contribution in [3.8, 4) is 23.1 Å². The van der Waals surface area contributed by atoms with Gasteiger partial charge in [-0.25, -0.2) is 0 Å². The molecule has 0 bridgehead atoms. The van der Waals surface area contributed by atoms with Crippen molar-refractivity contribution >= 4 is 22.1 Å². The number of para-hydroxylation sites is 1. The molecule has 0 saturated heterocycles. The Morgan fingerprint density at radius 1 is 0.960 bits per heavy atom. The predicted octanol–water partition coefficient (Wildman–Crippen LogP) is 4.89. The Kier molecular flexibility index (Phi) is 3.79. The summed E-state index contributed by atoms with van der Waals surface area (Å²) in [6.45, 7) is 0. The minimum absolute atomic E-state index is 0.0337. The molecule has 2 aromatic heterocycles. The zero-order valence-corrected chi connectivity index (χ0v) is 13.6. The lowest BCUT2D eigenvalue weighted by molar-refractivity contribution is -0.391. The fraction of sp³-hybridized carbons (Fsp3) is 0. The second kappa shape index (κ2) is 6.25. The van der Waals surface area contributed by atoms with E-state index in [4.69, 9.17) is 9.47 Å². The molecule has 0 aliphatic heterocycles. The maximum absolute atomic E-state index is 11.3. The van der Waals surface area contributed by atoms with Crippen molar-refractivity contribution in [3.05, 3.63) is 76.3 Å². The highest BCUT2D eigenvalue weighted by Gasteiger charge is 2.25. The Morgan fingerprint density at radius 3 is 2.28 bits per heavy atom. The molecular weight excluding hydrogens is 342 g/mol. The van der Waals surface area contributed by atoms with E-state index in [1.165, 1.54) is 15.7 Å². The van der Waals surface area contributed by atoms with E-state index < -0.39 is 4.92 Å². The van der Waals surface area contributed by atoms with Gasteiger partial charge in [0.1, 0.15) is 23.4 Å². The Balaban J connectivity index is 1.56. The smallest absolute Gasteiger partial charge is 0.393 e. The van der Waals surface area contributed by atoms with Gasteiger partial charge >= 0.3 is 11.7 Å². The SMILES string of the molecule is O=[N+]([O-])c1c(Oc2ccc(Oc3ccccc3)cc2)nc2sccn12. The largest absolute Gasteiger partial charge is 0.457 e. The maximum atomic E-state index is 11.3. The Labute approximate surface area is 145 Å². The summed E-state index contributed by atoms with van der Waals surface area (Å²) < 4.78 is 12.7. The van der Waals surface area contributed by atoms with Crippen LogP contribution in [-0.2, 0) is 0 Å². The standard InChI is InChI=1S/C17H11N3O4S/c21-20(22)16-15(18-17-19(16)10-11-25-17)24-14-8-6-13(7-9-14)23-12-4-2-1-3-5-12/h1-11H. The van der Waals surface area contributed by atoms with Crippen molar-refractivity contribution in [3.63, 3.8) is 0 Å². The van der Waals surface area contributed by atoms with Gasteiger partial charge in [-0.05, 0) is 41.3 Å². The monoisotopic (exact) mass is 353 g/mol. The lowest BCUT2D eigenvalue weighted by Crippen LogP contribution is -1.95. The number of thiazole rings is 1. The lowest BCUT2D eigenvalue weighted by Gasteiger charge is -2.06. The number of imidazole rings is 1. The Morgan fingerprint density at radius 2 is 1.60 bits per heavy atom. The number of ether oxygens (including phenoxy) is 2. The molecule has 2 aromatic carbocycles. The van der Waals surface area contributed by atoms with Crippen molar-refractivity contribution in [2.75, 3.05) is 0 Å². The number of nitro groups is 1. The summed E-state index contributed by atoms with van der Waals surface area (Å²) >= 11 is 1.30. The molecule has 2 heterocycles. The van der Waals surface area contributed by atoms with Crippen molar-refractivity contribution in [1.82, 2.24) is 9.38 Å². The summed E-state index contributed by atoms with van der Waals surface area (Å²) in [5, 5.41) is 13.0. The summed E-state index contributed by atoms with van der Waals surface area (Å²) in [4.78, 5) is 15.5. The molecule has 7 nitrogen and oxygen atoms in total. The van der Waals surface area contributed by atoms with Crippen molar-refractivity contribution < 1.29 is 14.4 Å². The Hall–Kier alpha value is -3.39. The minimum Gasteiger partial charge on any atom is -0.457 e. The van der Waals surface area contributed by atoms with Gasteiger partial charge in [0.2, 0.25) is 0 Å². The van der Waals surface area contributed by atoms with Crippen LogP contribution in [0.15, 0.2) is 66.2 Å². The third-order valence-electron chi connectivity index (χ3n) is 3.40. The predicted molar refractivity (Wildman–Crippen MR) is 92.8 cm³/mol. The van der Waals surface area contributed by atoms with Gasteiger partial charge < -0.3 is 19.6 Å². The van der Waals surface area contributed by atoms with Crippen molar-refractivity contribution in [2.24, 2.45) is 0 Å². The van der Waals surface area contributed by atoms with E-state index in [9.17, 15) is 10.1 Å². The molecule has 0 amide bonds. The van der Waals surface area contributed by atoms with Gasteiger partial charge in [0.15, 0.2) is 0 Å². The molecule has 4 aromatic rings. The van der Waals surface area contributed by atoms with Crippen LogP contribution in [0, 0.1) is 10.1 Å². The van der Waals surface area contributed by atoms with E-state index in [1.54, 1.807) is 35.8 Å². The summed E-state index contributed by atoms with van der Waals surface area (Å²) in [6.07, 6.45) is 1.59. The minimum atomic E-state index is -0.505. The third kappa shape index (κ3) is 3.02. The number of rotatable bonds is 5. The molecule has 0 atom stereocenters. The van der Waals surface area contributed by atoms with E-state index in [-0.39, 0.29) is 11.7 Å². The Bertz CT molecular complexity index is 1030. The van der Waals surface area contributed by atoms with E-state index in [0.29, 0.717) is 16.5 Å². The highest BCUT2D eigenvalue weighted by molar-refractivity contribution is 7.15. The number of fused-ring (bicyclic) bond motifs is 1. The van der Waals surface area contributed by atoms with Gasteiger partial charge in [-0.2, -0.15) is 9.38 Å². The normalized spacial score (nSPS) is 10.7. The maximum Gasteiger partial charge on any atom is 0.393 e. The highest BCUT2D eigenvalue weighted by Crippen LogP contribution is 2.34. The lowest BCUT2D eigenvalue weighted by atomic mass is 10.3. The van der Waals surface area contributed by atoms with Crippen LogP contribution in [0.5, 0.6) is 23.1 Å². The van der Waals surface area contributed by atoms with E-state index in [2.05, 4.69) is 4.98 Å². The molecule has 0 aliphatic carbocycles. The van der Waals surface area contributed by atoms with Crippen molar-refractivity contribution in [2.45, 2.75) is 0 Å². The first kappa shape index (κ1) is 15.2. The van der Waals surface area contributed by atoms with Crippen LogP contribution < -0.4 is 9.47 Å². The average molecular weight is 353 g/mol. The topological polar surface area (TPSA) is 78.9 Å². The fourth-order valence-corrected chi connectivity index (χ4v) is 3.00. The van der Waals surface area contributed by atoms with Crippen LogP contribution in [-0.4, -0.2) is 14.3 Å². The molecule has 0 unspecified atom stereocenters. The molecule has 0 N–H and O–H groups in total. The highest BCUT2D eigenvalue weighted by atomic mass is 32.1. The summed E-state index contributed by atoms with van der Waals surface area (Å²) in [5.74, 6) is 1.57. The summed E-state index contributed by atoms with van der Waals surface area (Å²) in [7, 11) is 0. The average Bonchev–Trinajstić information content (AvgIpc) is 3.18. The second-order valence-electron chi connectivity index (χ2n) is 5.04. The van der Waals surface area contributed by atoms with Crippen LogP contribution in [0.1, 0.15) is 0 Å². The number of aromatic nitrogens is 2. The van der Waals surface area contributed by atoms with Crippen molar-refractivity contribution in [1.29, 1.82) is 0 Å². The molecule has 4 rings (SSSR count). The van der Waals surface area contributed by atoms with E-state index in [0.717, 1.165) is 5.75 Å². The first-order chi connectivity index (χ1) is 12.2. The molecule has 0 spiro atoms. The molecule has 124 valence electrons. The molecule has 8 heteroatoms. The van der Waals surface area contributed by atoms with Gasteiger partial charge in [0, 0.05) is 5.38 Å². The molecular formula is C17H11N3O4S. The zero-order chi connectivity index (χ0) is 17.2. The van der Waals surface area contributed by atoms with E-state index in [1.807, 2.05) is 30.3 Å².